The molecule has 0 fully saturated rings. The molecule has 0 heterocycles. The number of hydrogen-bond donors (Lipinski definition) is 1. The lowest BCUT2D eigenvalue weighted by Crippen LogP contribution is -2.04. The van der Waals surface area contributed by atoms with Crippen LogP contribution in [-0.4, -0.2) is 5.11 Å². The molecule has 2 aromatic carbocycles. The minimum Gasteiger partial charge on any atom is -0.508 e. The van der Waals surface area contributed by atoms with E-state index in [9.17, 15) is 18.3 Å². The highest BCUT2D eigenvalue weighted by Gasteiger charge is 2.30. The normalized spacial score (nSPS) is 11.6. The number of benzene rings is 2. The maximum Gasteiger partial charge on any atom is 0.416 e. The molecule has 0 aromatic heterocycles. The molecule has 0 radical (unpaired) electrons. The minimum absolute atomic E-state index is 0.100. The highest BCUT2D eigenvalue weighted by atomic mass is 19.4. The Labute approximate surface area is 103 Å². The molecule has 0 atom stereocenters. The van der Waals surface area contributed by atoms with Crippen molar-refractivity contribution >= 4 is 0 Å². The van der Waals surface area contributed by atoms with Crippen molar-refractivity contribution in [1.29, 1.82) is 0 Å². The Kier molecular flexibility index (Phi) is 3.03. The van der Waals surface area contributed by atoms with E-state index < -0.39 is 11.7 Å². The van der Waals surface area contributed by atoms with Crippen LogP contribution in [0.5, 0.6) is 5.75 Å². The van der Waals surface area contributed by atoms with Crippen LogP contribution in [0.1, 0.15) is 11.1 Å². The first kappa shape index (κ1) is 12.5. The summed E-state index contributed by atoms with van der Waals surface area (Å²) < 4.78 is 37.8. The SMILES string of the molecule is Cc1cc(O)ccc1-c1cccc(C(F)(F)F)c1. The fourth-order valence-electron chi connectivity index (χ4n) is 1.83. The summed E-state index contributed by atoms with van der Waals surface area (Å²) in [6.45, 7) is 1.75. The summed E-state index contributed by atoms with van der Waals surface area (Å²) in [6.07, 6.45) is -4.35. The molecule has 0 aliphatic rings. The topological polar surface area (TPSA) is 20.2 Å². The number of rotatable bonds is 1. The van der Waals surface area contributed by atoms with Gasteiger partial charge in [0.1, 0.15) is 5.75 Å². The van der Waals surface area contributed by atoms with Crippen molar-refractivity contribution in [3.05, 3.63) is 53.6 Å². The van der Waals surface area contributed by atoms with Gasteiger partial charge in [0.05, 0.1) is 5.56 Å². The number of phenolic OH excluding ortho intramolecular Hbond substituents is 1. The predicted octanol–water partition coefficient (Wildman–Crippen LogP) is 4.39. The summed E-state index contributed by atoms with van der Waals surface area (Å²) in [5.41, 5.74) is 1.23. The number of halogens is 3. The monoisotopic (exact) mass is 252 g/mol. The Hall–Kier alpha value is -1.97. The van der Waals surface area contributed by atoms with Crippen LogP contribution in [-0.2, 0) is 6.18 Å². The van der Waals surface area contributed by atoms with Crippen molar-refractivity contribution in [3.8, 4) is 16.9 Å². The average Bonchev–Trinajstić information content (AvgIpc) is 2.28. The molecule has 0 amide bonds. The summed E-state index contributed by atoms with van der Waals surface area (Å²) in [7, 11) is 0. The van der Waals surface area contributed by atoms with E-state index in [-0.39, 0.29) is 5.75 Å². The molecule has 2 aromatic rings. The molecule has 4 heteroatoms. The van der Waals surface area contributed by atoms with Crippen LogP contribution >= 0.6 is 0 Å². The van der Waals surface area contributed by atoms with Crippen LogP contribution in [0.25, 0.3) is 11.1 Å². The predicted molar refractivity (Wildman–Crippen MR) is 63.3 cm³/mol. The lowest BCUT2D eigenvalue weighted by molar-refractivity contribution is -0.137. The van der Waals surface area contributed by atoms with Crippen LogP contribution < -0.4 is 0 Å². The van der Waals surface area contributed by atoms with E-state index in [1.54, 1.807) is 19.1 Å². The van der Waals surface area contributed by atoms with E-state index in [0.29, 0.717) is 11.1 Å². The fraction of sp³-hybridized carbons (Fsp3) is 0.143. The van der Waals surface area contributed by atoms with E-state index in [1.165, 1.54) is 18.2 Å². The second-order valence-electron chi connectivity index (χ2n) is 4.08. The molecule has 0 aliphatic carbocycles. The molecule has 94 valence electrons. The maximum atomic E-state index is 12.6. The fourth-order valence-corrected chi connectivity index (χ4v) is 1.83. The Morgan fingerprint density at radius 3 is 2.33 bits per heavy atom. The van der Waals surface area contributed by atoms with Gasteiger partial charge in [0.25, 0.3) is 0 Å². The van der Waals surface area contributed by atoms with Gasteiger partial charge in [-0.15, -0.1) is 0 Å². The van der Waals surface area contributed by atoms with E-state index >= 15 is 0 Å². The van der Waals surface area contributed by atoms with E-state index in [0.717, 1.165) is 17.7 Å². The molecule has 2 rings (SSSR count). The zero-order chi connectivity index (χ0) is 13.3. The third-order valence-electron chi connectivity index (χ3n) is 2.71. The standard InChI is InChI=1S/C14H11F3O/c1-9-7-12(18)5-6-13(9)10-3-2-4-11(8-10)14(15,16)17/h2-8,18H,1H3. The van der Waals surface area contributed by atoms with Gasteiger partial charge < -0.3 is 5.11 Å². The first-order valence-corrected chi connectivity index (χ1v) is 5.35. The molecular weight excluding hydrogens is 241 g/mol. The molecule has 1 N–H and O–H groups in total. The van der Waals surface area contributed by atoms with Gasteiger partial charge in [0.15, 0.2) is 0 Å². The zero-order valence-electron chi connectivity index (χ0n) is 9.62. The third-order valence-corrected chi connectivity index (χ3v) is 2.71. The van der Waals surface area contributed by atoms with E-state index in [2.05, 4.69) is 0 Å². The van der Waals surface area contributed by atoms with Gasteiger partial charge in [-0.1, -0.05) is 18.2 Å². The van der Waals surface area contributed by atoms with Crippen molar-refractivity contribution in [2.24, 2.45) is 0 Å². The van der Waals surface area contributed by atoms with Crippen LogP contribution in [0.15, 0.2) is 42.5 Å². The highest BCUT2D eigenvalue weighted by Crippen LogP contribution is 2.33. The van der Waals surface area contributed by atoms with Crippen LogP contribution in [0.4, 0.5) is 13.2 Å². The Balaban J connectivity index is 2.51. The minimum atomic E-state index is -4.35. The summed E-state index contributed by atoms with van der Waals surface area (Å²) in [6, 6.07) is 9.75. The second kappa shape index (κ2) is 4.37. The molecule has 1 nitrogen and oxygen atoms in total. The molecule has 0 unspecified atom stereocenters. The number of alkyl halides is 3. The summed E-state index contributed by atoms with van der Waals surface area (Å²) >= 11 is 0. The number of aryl methyl sites for hydroxylation is 1. The summed E-state index contributed by atoms with van der Waals surface area (Å²) in [4.78, 5) is 0. The van der Waals surface area contributed by atoms with Crippen LogP contribution in [0.2, 0.25) is 0 Å². The number of phenols is 1. The van der Waals surface area contributed by atoms with Gasteiger partial charge in [-0.25, -0.2) is 0 Å². The van der Waals surface area contributed by atoms with Gasteiger partial charge >= 0.3 is 6.18 Å². The smallest absolute Gasteiger partial charge is 0.416 e. The molecular formula is C14H11F3O. The van der Waals surface area contributed by atoms with Gasteiger partial charge in [-0.3, -0.25) is 0 Å². The molecule has 0 spiro atoms. The number of hydrogen-bond acceptors (Lipinski definition) is 1. The quantitative estimate of drug-likeness (QED) is 0.798. The highest BCUT2D eigenvalue weighted by molar-refractivity contribution is 5.68. The van der Waals surface area contributed by atoms with Crippen LogP contribution in [0, 0.1) is 6.92 Å². The van der Waals surface area contributed by atoms with Gasteiger partial charge in [0.2, 0.25) is 0 Å². The van der Waals surface area contributed by atoms with Gasteiger partial charge in [-0.05, 0) is 47.9 Å². The third kappa shape index (κ3) is 2.47. The van der Waals surface area contributed by atoms with Crippen molar-refractivity contribution in [2.75, 3.05) is 0 Å². The molecule has 0 bridgehead atoms. The summed E-state index contributed by atoms with van der Waals surface area (Å²) in [5, 5.41) is 9.29. The van der Waals surface area contributed by atoms with E-state index in [1.807, 2.05) is 0 Å². The van der Waals surface area contributed by atoms with Crippen molar-refractivity contribution in [2.45, 2.75) is 13.1 Å². The van der Waals surface area contributed by atoms with Crippen molar-refractivity contribution < 1.29 is 18.3 Å². The van der Waals surface area contributed by atoms with Crippen LogP contribution in [0.3, 0.4) is 0 Å². The van der Waals surface area contributed by atoms with Gasteiger partial charge in [0, 0.05) is 0 Å². The molecule has 0 saturated carbocycles. The number of aromatic hydroxyl groups is 1. The lowest BCUT2D eigenvalue weighted by Gasteiger charge is -2.10. The Morgan fingerprint density at radius 2 is 1.72 bits per heavy atom. The van der Waals surface area contributed by atoms with Crippen molar-refractivity contribution in [3.63, 3.8) is 0 Å². The largest absolute Gasteiger partial charge is 0.508 e. The zero-order valence-corrected chi connectivity index (χ0v) is 9.62. The van der Waals surface area contributed by atoms with Gasteiger partial charge in [-0.2, -0.15) is 13.2 Å². The Bertz CT molecular complexity index is 573. The molecule has 18 heavy (non-hydrogen) atoms. The second-order valence-corrected chi connectivity index (χ2v) is 4.08. The summed E-state index contributed by atoms with van der Waals surface area (Å²) in [5.74, 6) is 0.100. The lowest BCUT2D eigenvalue weighted by atomic mass is 9.98. The van der Waals surface area contributed by atoms with Crippen molar-refractivity contribution in [1.82, 2.24) is 0 Å². The average molecular weight is 252 g/mol. The first-order chi connectivity index (χ1) is 8.38. The Morgan fingerprint density at radius 1 is 1.00 bits per heavy atom. The molecule has 0 saturated heterocycles. The molecule has 0 aliphatic heterocycles. The first-order valence-electron chi connectivity index (χ1n) is 5.35. The van der Waals surface area contributed by atoms with E-state index in [4.69, 9.17) is 0 Å². The maximum absolute atomic E-state index is 12.6.